The molecule has 0 saturated heterocycles. The highest BCUT2D eigenvalue weighted by Crippen LogP contribution is 2.28. The van der Waals surface area contributed by atoms with Crippen LogP contribution in [-0.4, -0.2) is 25.7 Å². The van der Waals surface area contributed by atoms with Gasteiger partial charge in [0.2, 0.25) is 5.91 Å². The van der Waals surface area contributed by atoms with Crippen molar-refractivity contribution in [3.63, 3.8) is 0 Å². The van der Waals surface area contributed by atoms with E-state index in [1.807, 2.05) is 6.92 Å². The molecule has 0 fully saturated rings. The summed E-state index contributed by atoms with van der Waals surface area (Å²) in [6.45, 7) is 3.48. The van der Waals surface area contributed by atoms with Crippen LogP contribution in [0, 0.1) is 17.0 Å². The third-order valence-electron chi connectivity index (χ3n) is 3.06. The van der Waals surface area contributed by atoms with E-state index in [0.29, 0.717) is 0 Å². The largest absolute Gasteiger partial charge is 0.506 e. The number of non-ortho nitro benzene ring substituents is 1. The van der Waals surface area contributed by atoms with Gasteiger partial charge in [0.15, 0.2) is 0 Å². The molecule has 0 radical (unpaired) electrons. The Morgan fingerprint density at radius 2 is 2.19 bits per heavy atom. The molecule has 21 heavy (non-hydrogen) atoms. The molecule has 0 aliphatic heterocycles. The van der Waals surface area contributed by atoms with Crippen LogP contribution in [0.3, 0.4) is 0 Å². The SMILES string of the molecule is Cc1ccnn1C(C)C(=O)Nc1ccc([N+](=O)[O-])cc1O. The summed E-state index contributed by atoms with van der Waals surface area (Å²) < 4.78 is 1.54. The molecule has 8 heteroatoms. The second-order valence-corrected chi connectivity index (χ2v) is 4.54. The number of amides is 1. The summed E-state index contributed by atoms with van der Waals surface area (Å²) in [6.07, 6.45) is 1.59. The highest BCUT2D eigenvalue weighted by Gasteiger charge is 2.19. The number of benzene rings is 1. The maximum atomic E-state index is 12.1. The van der Waals surface area contributed by atoms with E-state index in [4.69, 9.17) is 0 Å². The number of carbonyl (C=O) groups is 1. The Morgan fingerprint density at radius 1 is 1.48 bits per heavy atom. The number of aromatic nitrogens is 2. The van der Waals surface area contributed by atoms with Crippen molar-refractivity contribution >= 4 is 17.3 Å². The molecular formula is C13H14N4O4. The van der Waals surface area contributed by atoms with Crippen molar-refractivity contribution in [3.8, 4) is 5.75 Å². The van der Waals surface area contributed by atoms with Gasteiger partial charge in [-0.15, -0.1) is 0 Å². The summed E-state index contributed by atoms with van der Waals surface area (Å²) in [4.78, 5) is 22.1. The molecule has 0 saturated carbocycles. The van der Waals surface area contributed by atoms with Crippen LogP contribution < -0.4 is 5.32 Å². The summed E-state index contributed by atoms with van der Waals surface area (Å²) in [5, 5.41) is 26.9. The van der Waals surface area contributed by atoms with Gasteiger partial charge in [0.1, 0.15) is 11.8 Å². The second kappa shape index (κ2) is 5.61. The van der Waals surface area contributed by atoms with Gasteiger partial charge in [-0.25, -0.2) is 0 Å². The lowest BCUT2D eigenvalue weighted by Crippen LogP contribution is -2.25. The topological polar surface area (TPSA) is 110 Å². The molecule has 8 nitrogen and oxygen atoms in total. The monoisotopic (exact) mass is 290 g/mol. The molecule has 0 spiro atoms. The molecular weight excluding hydrogens is 276 g/mol. The minimum atomic E-state index is -0.624. The molecule has 1 heterocycles. The number of nitro benzene ring substituents is 1. The highest BCUT2D eigenvalue weighted by molar-refractivity contribution is 5.94. The van der Waals surface area contributed by atoms with Crippen molar-refractivity contribution in [3.05, 3.63) is 46.3 Å². The molecule has 1 aromatic heterocycles. The van der Waals surface area contributed by atoms with Gasteiger partial charge in [-0.05, 0) is 26.0 Å². The van der Waals surface area contributed by atoms with Gasteiger partial charge in [0.05, 0.1) is 16.7 Å². The number of aryl methyl sites for hydroxylation is 1. The third kappa shape index (κ3) is 2.99. The predicted octanol–water partition coefficient (Wildman–Crippen LogP) is 2.01. The number of phenols is 1. The fourth-order valence-electron chi connectivity index (χ4n) is 1.87. The second-order valence-electron chi connectivity index (χ2n) is 4.54. The van der Waals surface area contributed by atoms with Crippen LogP contribution in [0.15, 0.2) is 30.5 Å². The normalized spacial score (nSPS) is 11.9. The van der Waals surface area contributed by atoms with E-state index < -0.39 is 11.0 Å². The van der Waals surface area contributed by atoms with Crippen molar-refractivity contribution in [1.82, 2.24) is 9.78 Å². The predicted molar refractivity (Wildman–Crippen MR) is 75.1 cm³/mol. The van der Waals surface area contributed by atoms with E-state index in [-0.39, 0.29) is 23.0 Å². The standard InChI is InChI=1S/C13H14N4O4/c1-8-5-6-14-16(8)9(2)13(19)15-11-4-3-10(17(20)21)7-12(11)18/h3-7,9,18H,1-2H3,(H,15,19). The summed E-state index contributed by atoms with van der Waals surface area (Å²) in [7, 11) is 0. The first-order chi connectivity index (χ1) is 9.90. The van der Waals surface area contributed by atoms with Crippen molar-refractivity contribution in [1.29, 1.82) is 0 Å². The maximum Gasteiger partial charge on any atom is 0.273 e. The van der Waals surface area contributed by atoms with Crippen LogP contribution in [0.25, 0.3) is 0 Å². The first-order valence-electron chi connectivity index (χ1n) is 6.18. The van der Waals surface area contributed by atoms with Crippen LogP contribution in [0.5, 0.6) is 5.75 Å². The van der Waals surface area contributed by atoms with Gasteiger partial charge in [-0.2, -0.15) is 5.10 Å². The summed E-state index contributed by atoms with van der Waals surface area (Å²) in [5.74, 6) is -0.743. The highest BCUT2D eigenvalue weighted by atomic mass is 16.6. The Morgan fingerprint density at radius 3 is 2.71 bits per heavy atom. The van der Waals surface area contributed by atoms with Gasteiger partial charge in [0.25, 0.3) is 5.69 Å². The van der Waals surface area contributed by atoms with Crippen LogP contribution in [0.4, 0.5) is 11.4 Å². The minimum absolute atomic E-state index is 0.113. The van der Waals surface area contributed by atoms with Crippen molar-refractivity contribution in [2.75, 3.05) is 5.32 Å². The van der Waals surface area contributed by atoms with Crippen LogP contribution >= 0.6 is 0 Å². The van der Waals surface area contributed by atoms with E-state index in [9.17, 15) is 20.0 Å². The zero-order valence-electron chi connectivity index (χ0n) is 11.5. The molecule has 2 rings (SSSR count). The number of hydrogen-bond donors (Lipinski definition) is 2. The molecule has 110 valence electrons. The molecule has 0 aliphatic rings. The minimum Gasteiger partial charge on any atom is -0.506 e. The number of rotatable bonds is 4. The Labute approximate surface area is 120 Å². The first-order valence-corrected chi connectivity index (χ1v) is 6.18. The lowest BCUT2D eigenvalue weighted by Gasteiger charge is -2.15. The van der Waals surface area contributed by atoms with E-state index in [1.165, 1.54) is 16.8 Å². The molecule has 2 N–H and O–H groups in total. The first kappa shape index (κ1) is 14.5. The molecule has 2 aromatic rings. The van der Waals surface area contributed by atoms with Gasteiger partial charge < -0.3 is 10.4 Å². The summed E-state index contributed by atoms with van der Waals surface area (Å²) in [5.41, 5.74) is 0.689. The molecule has 0 bridgehead atoms. The third-order valence-corrected chi connectivity index (χ3v) is 3.06. The van der Waals surface area contributed by atoms with Crippen molar-refractivity contribution in [2.24, 2.45) is 0 Å². The lowest BCUT2D eigenvalue weighted by atomic mass is 10.2. The zero-order chi connectivity index (χ0) is 15.6. The number of carbonyl (C=O) groups excluding carboxylic acids is 1. The Balaban J connectivity index is 2.16. The fraction of sp³-hybridized carbons (Fsp3) is 0.231. The fourth-order valence-corrected chi connectivity index (χ4v) is 1.87. The summed E-state index contributed by atoms with van der Waals surface area (Å²) in [6, 6.07) is 4.68. The average molecular weight is 290 g/mol. The maximum absolute atomic E-state index is 12.1. The molecule has 1 amide bonds. The number of anilines is 1. The number of hydrogen-bond acceptors (Lipinski definition) is 5. The van der Waals surface area contributed by atoms with Gasteiger partial charge in [-0.3, -0.25) is 19.6 Å². The number of nitro groups is 1. The van der Waals surface area contributed by atoms with E-state index in [2.05, 4.69) is 10.4 Å². The molecule has 1 aromatic carbocycles. The summed E-state index contributed by atoms with van der Waals surface area (Å²) >= 11 is 0. The van der Waals surface area contributed by atoms with E-state index >= 15 is 0 Å². The number of aromatic hydroxyl groups is 1. The van der Waals surface area contributed by atoms with Gasteiger partial charge in [0, 0.05) is 18.0 Å². The van der Waals surface area contributed by atoms with Crippen LogP contribution in [0.2, 0.25) is 0 Å². The Hall–Kier alpha value is -2.90. The van der Waals surface area contributed by atoms with Gasteiger partial charge >= 0.3 is 0 Å². The number of nitrogens with one attached hydrogen (secondary N) is 1. The quantitative estimate of drug-likeness (QED) is 0.508. The van der Waals surface area contributed by atoms with Crippen molar-refractivity contribution in [2.45, 2.75) is 19.9 Å². The zero-order valence-corrected chi connectivity index (χ0v) is 11.5. The van der Waals surface area contributed by atoms with E-state index in [1.54, 1.807) is 19.2 Å². The average Bonchev–Trinajstić information content (AvgIpc) is 2.86. The Kier molecular flexibility index (Phi) is 3.88. The number of phenolic OH excluding ortho intramolecular Hbond substituents is 1. The molecule has 1 atom stereocenters. The smallest absolute Gasteiger partial charge is 0.273 e. The number of nitrogens with zero attached hydrogens (tertiary/aromatic N) is 3. The molecule has 1 unspecified atom stereocenters. The van der Waals surface area contributed by atoms with E-state index in [0.717, 1.165) is 11.8 Å². The Bertz CT molecular complexity index is 695. The van der Waals surface area contributed by atoms with Gasteiger partial charge in [-0.1, -0.05) is 0 Å². The van der Waals surface area contributed by atoms with Crippen molar-refractivity contribution < 1.29 is 14.8 Å². The molecule has 0 aliphatic carbocycles. The lowest BCUT2D eigenvalue weighted by molar-refractivity contribution is -0.384. The van der Waals surface area contributed by atoms with Crippen LogP contribution in [0.1, 0.15) is 18.7 Å². The van der Waals surface area contributed by atoms with Crippen LogP contribution in [-0.2, 0) is 4.79 Å².